The van der Waals surface area contributed by atoms with Gasteiger partial charge in [0.15, 0.2) is 0 Å². The van der Waals surface area contributed by atoms with Crippen LogP contribution in [0.2, 0.25) is 0 Å². The van der Waals surface area contributed by atoms with Gasteiger partial charge in [-0.2, -0.15) is 0 Å². The highest BCUT2D eigenvalue weighted by atomic mass is 35.5. The van der Waals surface area contributed by atoms with Crippen molar-refractivity contribution in [2.75, 3.05) is 13.4 Å². The molecule has 0 aliphatic rings. The van der Waals surface area contributed by atoms with E-state index < -0.39 is 0 Å². The highest BCUT2D eigenvalue weighted by molar-refractivity contribution is 6.15. The fraction of sp³-hybridized carbons (Fsp3) is 0.500. The summed E-state index contributed by atoms with van der Waals surface area (Å²) in [7, 11) is 1.95. The first-order valence-electron chi connectivity index (χ1n) is 5.65. The summed E-state index contributed by atoms with van der Waals surface area (Å²) < 4.78 is 0. The van der Waals surface area contributed by atoms with Crippen LogP contribution in [-0.4, -0.2) is 25.8 Å². The fourth-order valence-electron chi connectivity index (χ4n) is 0.929. The van der Waals surface area contributed by atoms with E-state index in [1.807, 2.05) is 38.2 Å². The monoisotopic (exact) mass is 257 g/mol. The summed E-state index contributed by atoms with van der Waals surface area (Å²) in [5.41, 5.74) is 2.31. The first-order chi connectivity index (χ1) is 8.11. The van der Waals surface area contributed by atoms with Crippen molar-refractivity contribution in [1.82, 2.24) is 5.32 Å². The van der Waals surface area contributed by atoms with Gasteiger partial charge in [0.2, 0.25) is 0 Å². The normalized spacial score (nSPS) is 8.65. The van der Waals surface area contributed by atoms with Gasteiger partial charge >= 0.3 is 0 Å². The summed E-state index contributed by atoms with van der Waals surface area (Å²) in [6.45, 7) is 6.23. The van der Waals surface area contributed by atoms with Gasteiger partial charge in [-0.05, 0) is 25.1 Å². The summed E-state index contributed by atoms with van der Waals surface area (Å²) in [5.74, 6) is 0. The van der Waals surface area contributed by atoms with Crippen molar-refractivity contribution in [1.29, 1.82) is 0 Å². The molecule has 0 saturated carbocycles. The van der Waals surface area contributed by atoms with Crippen molar-refractivity contribution in [3.8, 4) is 0 Å². The number of carbonyl (C=O) groups excluding carboxylic acids is 1. The van der Waals surface area contributed by atoms with Crippen LogP contribution in [0.4, 0.5) is 0 Å². The highest BCUT2D eigenvalue weighted by Crippen LogP contribution is 2.05. The smallest absolute Gasteiger partial charge is 0.124 e. The van der Waals surface area contributed by atoms with Crippen LogP contribution in [0.5, 0.6) is 0 Å². The number of rotatable bonds is 3. The van der Waals surface area contributed by atoms with E-state index in [-0.39, 0.29) is 0 Å². The van der Waals surface area contributed by atoms with Crippen LogP contribution in [0, 0.1) is 6.92 Å². The van der Waals surface area contributed by atoms with E-state index in [0.717, 1.165) is 11.8 Å². The molecule has 0 radical (unpaired) electrons. The summed E-state index contributed by atoms with van der Waals surface area (Å²) in [5, 5.41) is 3.03. The quantitative estimate of drug-likeness (QED) is 0.666. The lowest BCUT2D eigenvalue weighted by Crippen LogP contribution is -2.15. The summed E-state index contributed by atoms with van der Waals surface area (Å²) in [4.78, 5) is 10.1. The second-order valence-corrected chi connectivity index (χ2v) is 3.74. The van der Waals surface area contributed by atoms with Crippen molar-refractivity contribution >= 4 is 17.9 Å². The zero-order chi connectivity index (χ0) is 13.7. The number of aldehydes is 1. The largest absolute Gasteiger partial charge is 0.318 e. The molecule has 3 heteroatoms. The number of hydrogen-bond acceptors (Lipinski definition) is 2. The van der Waals surface area contributed by atoms with Crippen molar-refractivity contribution in [3.05, 3.63) is 35.4 Å². The third-order valence-electron chi connectivity index (χ3n) is 2.14. The Morgan fingerprint density at radius 3 is 2.12 bits per heavy atom. The summed E-state index contributed by atoms with van der Waals surface area (Å²) in [6, 6.07) is 8.55. The number of alkyl halides is 1. The minimum atomic E-state index is 0.534. The molecule has 0 saturated heterocycles. The van der Waals surface area contributed by atoms with Gasteiger partial charge in [0.1, 0.15) is 6.29 Å². The van der Waals surface area contributed by atoms with E-state index in [0.29, 0.717) is 12.5 Å². The number of halogens is 1. The van der Waals surface area contributed by atoms with Crippen LogP contribution < -0.4 is 5.32 Å². The molecule has 0 aromatic heterocycles. The molecule has 1 aromatic rings. The van der Waals surface area contributed by atoms with Crippen molar-refractivity contribution in [2.24, 2.45) is 0 Å². The molecular formula is C14H24ClNO. The van der Waals surface area contributed by atoms with E-state index in [9.17, 15) is 4.79 Å². The van der Waals surface area contributed by atoms with Crippen molar-refractivity contribution in [3.63, 3.8) is 0 Å². The molecule has 17 heavy (non-hydrogen) atoms. The van der Waals surface area contributed by atoms with Gasteiger partial charge in [0, 0.05) is 18.8 Å². The highest BCUT2D eigenvalue weighted by Gasteiger charge is 1.92. The Bertz CT molecular complexity index is 287. The molecule has 1 aromatic carbocycles. The maximum absolute atomic E-state index is 10.1. The van der Waals surface area contributed by atoms with Gasteiger partial charge in [0.25, 0.3) is 0 Å². The minimum Gasteiger partial charge on any atom is -0.318 e. The maximum atomic E-state index is 10.1. The zero-order valence-corrected chi connectivity index (χ0v) is 12.2. The van der Waals surface area contributed by atoms with Crippen LogP contribution >= 0.6 is 11.6 Å². The molecule has 1 N–H and O–H groups in total. The molecule has 0 aliphatic carbocycles. The number of nitrogens with one attached hydrogen (secondary N) is 1. The third kappa shape index (κ3) is 11.4. The van der Waals surface area contributed by atoms with E-state index in [1.165, 1.54) is 11.9 Å². The Hall–Kier alpha value is -0.860. The molecule has 0 spiro atoms. The second-order valence-electron chi connectivity index (χ2n) is 3.74. The average molecular weight is 258 g/mol. The molecule has 0 unspecified atom stereocenters. The first kappa shape index (κ1) is 18.5. The minimum absolute atomic E-state index is 0.534. The van der Waals surface area contributed by atoms with Crippen molar-refractivity contribution < 1.29 is 4.79 Å². The summed E-state index contributed by atoms with van der Waals surface area (Å²) >= 11 is 4.64. The fourth-order valence-corrected chi connectivity index (χ4v) is 0.929. The number of aryl methyl sites for hydroxylation is 1. The molecule has 0 atom stereocenters. The molecule has 2 nitrogen and oxygen atoms in total. The third-order valence-corrected chi connectivity index (χ3v) is 2.14. The standard InChI is InChI=1S/C9H10O.C4H11N.CH3Cl/c1-8-4-2-3-5-9(8)6-7-10;1-4(2)5-3;1-2/h2-5,7H,6H2,1H3;4-5H,1-3H3;1H3. The van der Waals surface area contributed by atoms with Gasteiger partial charge in [-0.1, -0.05) is 38.1 Å². The van der Waals surface area contributed by atoms with Gasteiger partial charge < -0.3 is 10.1 Å². The van der Waals surface area contributed by atoms with Crippen LogP contribution in [0.1, 0.15) is 25.0 Å². The molecule has 0 aliphatic heterocycles. The maximum Gasteiger partial charge on any atom is 0.124 e. The van der Waals surface area contributed by atoms with Crippen molar-refractivity contribution in [2.45, 2.75) is 33.2 Å². The lowest BCUT2D eigenvalue weighted by atomic mass is 10.1. The Morgan fingerprint density at radius 1 is 1.29 bits per heavy atom. The Kier molecular flexibility index (Phi) is 14.4. The molecular weight excluding hydrogens is 234 g/mol. The number of hydrogen-bond donors (Lipinski definition) is 1. The second kappa shape index (κ2) is 13.2. The van der Waals surface area contributed by atoms with E-state index >= 15 is 0 Å². The summed E-state index contributed by atoms with van der Waals surface area (Å²) in [6.07, 6.45) is 2.94. The molecule has 98 valence electrons. The van der Waals surface area contributed by atoms with Gasteiger partial charge in [0.05, 0.1) is 0 Å². The SMILES string of the molecule is CCl.CNC(C)C.Cc1ccccc1CC=O. The topological polar surface area (TPSA) is 29.1 Å². The predicted octanol–water partition coefficient (Wildman–Crippen LogP) is 3.21. The first-order valence-corrected chi connectivity index (χ1v) is 6.40. The van der Waals surface area contributed by atoms with Gasteiger partial charge in [-0.15, -0.1) is 11.6 Å². The number of carbonyl (C=O) groups is 1. The molecule has 0 amide bonds. The van der Waals surface area contributed by atoms with Gasteiger partial charge in [-0.25, -0.2) is 0 Å². The van der Waals surface area contributed by atoms with E-state index in [1.54, 1.807) is 0 Å². The Morgan fingerprint density at radius 2 is 1.76 bits per heavy atom. The molecule has 0 bridgehead atoms. The number of benzene rings is 1. The lowest BCUT2D eigenvalue weighted by Gasteiger charge is -1.97. The van der Waals surface area contributed by atoms with E-state index in [4.69, 9.17) is 0 Å². The average Bonchev–Trinajstić information content (AvgIpc) is 2.36. The lowest BCUT2D eigenvalue weighted by molar-refractivity contribution is -0.107. The molecule has 1 rings (SSSR count). The zero-order valence-electron chi connectivity index (χ0n) is 11.5. The molecule has 0 heterocycles. The Labute approximate surface area is 110 Å². The van der Waals surface area contributed by atoms with Gasteiger partial charge in [-0.3, -0.25) is 0 Å². The van der Waals surface area contributed by atoms with Crippen LogP contribution in [0.15, 0.2) is 24.3 Å². The Balaban J connectivity index is 0. The van der Waals surface area contributed by atoms with Crippen LogP contribution in [-0.2, 0) is 11.2 Å². The van der Waals surface area contributed by atoms with Crippen LogP contribution in [0.3, 0.4) is 0 Å². The predicted molar refractivity (Wildman–Crippen MR) is 76.9 cm³/mol. The van der Waals surface area contributed by atoms with E-state index in [2.05, 4.69) is 30.8 Å². The molecule has 0 fully saturated rings. The van der Waals surface area contributed by atoms with Crippen LogP contribution in [0.25, 0.3) is 0 Å².